The van der Waals surface area contributed by atoms with E-state index in [1.54, 1.807) is 12.1 Å². The minimum atomic E-state index is -0.262. The first-order valence-corrected chi connectivity index (χ1v) is 12.1. The van der Waals surface area contributed by atoms with Crippen molar-refractivity contribution in [1.29, 1.82) is 0 Å². The SMILES string of the molecule is Fc1ccc(-n2c3cc(=NC4CCOCC4)c(NC4=CN=CCC4)cc-3nc3ccccc32)cc1. The Morgan fingerprint density at radius 3 is 2.66 bits per heavy atom. The van der Waals surface area contributed by atoms with Crippen LogP contribution in [0.15, 0.2) is 82.5 Å². The maximum atomic E-state index is 13.8. The van der Waals surface area contributed by atoms with Gasteiger partial charge >= 0.3 is 0 Å². The Morgan fingerprint density at radius 2 is 1.86 bits per heavy atom. The molecule has 0 bridgehead atoms. The van der Waals surface area contributed by atoms with Crippen molar-refractivity contribution in [2.75, 3.05) is 18.5 Å². The van der Waals surface area contributed by atoms with Crippen LogP contribution in [0.4, 0.5) is 10.1 Å². The number of hydrogen-bond acceptors (Lipinski definition) is 5. The van der Waals surface area contributed by atoms with Gasteiger partial charge in [0, 0.05) is 37.0 Å². The lowest BCUT2D eigenvalue weighted by atomic mass is 10.1. The van der Waals surface area contributed by atoms with E-state index in [0.29, 0.717) is 0 Å². The number of hydrogen-bond donors (Lipinski definition) is 1. The minimum absolute atomic E-state index is 0.202. The summed E-state index contributed by atoms with van der Waals surface area (Å²) in [5.74, 6) is -0.262. The molecule has 6 rings (SSSR count). The molecule has 176 valence electrons. The summed E-state index contributed by atoms with van der Waals surface area (Å²) in [7, 11) is 0. The van der Waals surface area contributed by atoms with Gasteiger partial charge in [-0.3, -0.25) is 9.98 Å². The molecule has 7 heteroatoms. The standard InChI is InChI=1S/C28H26FN5O/c29-19-7-9-22(10-8-19)34-27-6-2-1-5-23(27)33-26-16-24(32-21-4-3-13-30-18-21)25(17-28(26)34)31-20-11-14-35-15-12-20/h1-2,5-10,13,16-18,20,32H,3-4,11-12,14-15H2. The van der Waals surface area contributed by atoms with Gasteiger partial charge in [0.1, 0.15) is 5.82 Å². The molecule has 0 unspecified atom stereocenters. The molecule has 4 aliphatic rings. The molecule has 2 aromatic rings. The van der Waals surface area contributed by atoms with Crippen molar-refractivity contribution in [3.8, 4) is 17.1 Å². The number of nitrogens with one attached hydrogen (secondary N) is 1. The van der Waals surface area contributed by atoms with Crippen LogP contribution >= 0.6 is 0 Å². The van der Waals surface area contributed by atoms with Crippen molar-refractivity contribution in [2.24, 2.45) is 9.98 Å². The van der Waals surface area contributed by atoms with E-state index in [9.17, 15) is 4.39 Å². The molecule has 1 N–H and O–H groups in total. The molecule has 0 radical (unpaired) electrons. The van der Waals surface area contributed by atoms with Crippen LogP contribution < -0.4 is 10.7 Å². The average molecular weight is 468 g/mol. The zero-order valence-electron chi connectivity index (χ0n) is 19.3. The zero-order chi connectivity index (χ0) is 23.6. The van der Waals surface area contributed by atoms with E-state index in [1.165, 1.54) is 12.1 Å². The highest BCUT2D eigenvalue weighted by molar-refractivity contribution is 5.84. The van der Waals surface area contributed by atoms with Gasteiger partial charge in [-0.25, -0.2) is 9.37 Å². The van der Waals surface area contributed by atoms with Gasteiger partial charge in [-0.2, -0.15) is 0 Å². The highest BCUT2D eigenvalue weighted by Gasteiger charge is 2.19. The highest BCUT2D eigenvalue weighted by atomic mass is 19.1. The van der Waals surface area contributed by atoms with Crippen molar-refractivity contribution in [2.45, 2.75) is 31.7 Å². The molecule has 3 heterocycles. The largest absolute Gasteiger partial charge is 0.381 e. The fourth-order valence-electron chi connectivity index (χ4n) is 4.70. The number of rotatable bonds is 4. The Hall–Kier alpha value is -3.84. The molecular formula is C28H26FN5O. The van der Waals surface area contributed by atoms with Crippen molar-refractivity contribution in [3.05, 3.63) is 83.7 Å². The van der Waals surface area contributed by atoms with E-state index in [2.05, 4.69) is 27.0 Å². The Labute approximate surface area is 202 Å². The van der Waals surface area contributed by atoms with Crippen molar-refractivity contribution in [3.63, 3.8) is 0 Å². The number of nitrogens with zero attached hydrogens (tertiary/aromatic N) is 4. The summed E-state index contributed by atoms with van der Waals surface area (Å²) < 4.78 is 21.4. The lowest BCUT2D eigenvalue weighted by Gasteiger charge is -2.22. The number of halogens is 1. The molecule has 0 atom stereocenters. The van der Waals surface area contributed by atoms with E-state index in [1.807, 2.05) is 36.7 Å². The maximum absolute atomic E-state index is 13.8. The molecule has 2 aromatic carbocycles. The summed E-state index contributed by atoms with van der Waals surface area (Å²) in [6, 6.07) is 19.0. The fourth-order valence-corrected chi connectivity index (χ4v) is 4.70. The predicted molar refractivity (Wildman–Crippen MR) is 136 cm³/mol. The highest BCUT2D eigenvalue weighted by Crippen LogP contribution is 2.30. The number of allylic oxidation sites excluding steroid dienone is 1. The van der Waals surface area contributed by atoms with E-state index < -0.39 is 0 Å². The zero-order valence-corrected chi connectivity index (χ0v) is 19.3. The van der Waals surface area contributed by atoms with Crippen LogP contribution in [0.2, 0.25) is 0 Å². The number of benzene rings is 3. The van der Waals surface area contributed by atoms with E-state index in [-0.39, 0.29) is 11.9 Å². The Kier molecular flexibility index (Phi) is 5.84. The predicted octanol–water partition coefficient (Wildman–Crippen LogP) is 5.47. The summed E-state index contributed by atoms with van der Waals surface area (Å²) in [4.78, 5) is 14.4. The number of fused-ring (bicyclic) bond motifs is 2. The van der Waals surface area contributed by atoms with Crippen LogP contribution in [0.25, 0.3) is 28.1 Å². The molecule has 35 heavy (non-hydrogen) atoms. The lowest BCUT2D eigenvalue weighted by molar-refractivity contribution is 0.0864. The van der Waals surface area contributed by atoms with Crippen LogP contribution in [0.3, 0.4) is 0 Å². The van der Waals surface area contributed by atoms with E-state index in [0.717, 1.165) is 83.7 Å². The van der Waals surface area contributed by atoms with Gasteiger partial charge in [0.2, 0.25) is 0 Å². The summed E-state index contributed by atoms with van der Waals surface area (Å²) in [5, 5.41) is 4.45. The quantitative estimate of drug-likeness (QED) is 0.405. The summed E-state index contributed by atoms with van der Waals surface area (Å²) in [5.41, 5.74) is 6.42. The van der Waals surface area contributed by atoms with E-state index in [4.69, 9.17) is 14.7 Å². The van der Waals surface area contributed by atoms with Crippen LogP contribution in [-0.2, 0) is 4.74 Å². The molecule has 1 fully saturated rings. The first-order chi connectivity index (χ1) is 17.2. The van der Waals surface area contributed by atoms with Gasteiger partial charge in [0.15, 0.2) is 0 Å². The van der Waals surface area contributed by atoms with Crippen LogP contribution in [-0.4, -0.2) is 35.0 Å². The first-order valence-electron chi connectivity index (χ1n) is 12.1. The van der Waals surface area contributed by atoms with Crippen molar-refractivity contribution in [1.82, 2.24) is 9.55 Å². The van der Waals surface area contributed by atoms with Crippen LogP contribution in [0.1, 0.15) is 25.7 Å². The monoisotopic (exact) mass is 467 g/mol. The molecule has 3 aliphatic heterocycles. The lowest BCUT2D eigenvalue weighted by Crippen LogP contribution is -2.23. The van der Waals surface area contributed by atoms with Crippen LogP contribution in [0, 0.1) is 5.82 Å². The Balaban J connectivity index is 1.61. The number of aliphatic imine (C=N–C) groups is 1. The normalized spacial score (nSPS) is 17.2. The maximum Gasteiger partial charge on any atom is 0.123 e. The number of ether oxygens (including phenoxy) is 1. The molecule has 1 saturated heterocycles. The topological polar surface area (TPSA) is 63.8 Å². The average Bonchev–Trinajstić information content (AvgIpc) is 2.90. The molecule has 1 aliphatic carbocycles. The van der Waals surface area contributed by atoms with E-state index >= 15 is 0 Å². The second kappa shape index (κ2) is 9.43. The third-order valence-corrected chi connectivity index (χ3v) is 6.47. The molecule has 0 spiro atoms. The second-order valence-electron chi connectivity index (χ2n) is 8.89. The van der Waals surface area contributed by atoms with Crippen LogP contribution in [0.5, 0.6) is 0 Å². The Morgan fingerprint density at radius 1 is 1.03 bits per heavy atom. The number of aromatic nitrogens is 2. The van der Waals surface area contributed by atoms with Gasteiger partial charge in [-0.05, 0) is 74.2 Å². The number of anilines is 1. The first kappa shape index (κ1) is 21.7. The molecule has 6 nitrogen and oxygen atoms in total. The van der Waals surface area contributed by atoms with Gasteiger partial charge in [0.25, 0.3) is 0 Å². The van der Waals surface area contributed by atoms with Gasteiger partial charge < -0.3 is 14.6 Å². The summed E-state index contributed by atoms with van der Waals surface area (Å²) in [6.45, 7) is 1.46. The Bertz CT molecular complexity index is 1470. The number of para-hydroxylation sites is 2. The second-order valence-corrected chi connectivity index (χ2v) is 8.89. The molecule has 0 amide bonds. The van der Waals surface area contributed by atoms with Gasteiger partial charge in [-0.15, -0.1) is 0 Å². The van der Waals surface area contributed by atoms with Crippen molar-refractivity contribution < 1.29 is 9.13 Å². The smallest absolute Gasteiger partial charge is 0.123 e. The van der Waals surface area contributed by atoms with Gasteiger partial charge in [-0.1, -0.05) is 12.1 Å². The molecule has 0 aromatic heterocycles. The third kappa shape index (κ3) is 4.47. The molecular weight excluding hydrogens is 441 g/mol. The minimum Gasteiger partial charge on any atom is -0.381 e. The van der Waals surface area contributed by atoms with Crippen molar-refractivity contribution >= 4 is 22.9 Å². The fraction of sp³-hybridized carbons (Fsp3) is 0.250. The summed E-state index contributed by atoms with van der Waals surface area (Å²) >= 11 is 0. The molecule has 0 saturated carbocycles. The van der Waals surface area contributed by atoms with Gasteiger partial charge in [0.05, 0.1) is 39.5 Å². The third-order valence-electron chi connectivity index (χ3n) is 6.47. The summed E-state index contributed by atoms with van der Waals surface area (Å²) in [6.07, 6.45) is 7.42.